The van der Waals surface area contributed by atoms with Crippen molar-refractivity contribution < 1.29 is 67.3 Å². The molecule has 1 aromatic carbocycles. The Morgan fingerprint density at radius 1 is 1.03 bits per heavy atom. The molecule has 0 spiro atoms. The van der Waals surface area contributed by atoms with Crippen LogP contribution in [-0.2, 0) is 65.4 Å². The van der Waals surface area contributed by atoms with E-state index in [1.54, 1.807) is 59.2 Å². The summed E-state index contributed by atoms with van der Waals surface area (Å²) in [6.07, 6.45) is 7.50. The van der Waals surface area contributed by atoms with Gasteiger partial charge >= 0.3 is 12.1 Å². The number of esters is 1. The van der Waals surface area contributed by atoms with Crippen LogP contribution in [0.2, 0.25) is 5.02 Å². The van der Waals surface area contributed by atoms with Crippen LogP contribution in [0.3, 0.4) is 0 Å². The normalized spacial score (nSPS) is 26.8. The first-order valence-electron chi connectivity index (χ1n) is 23.1. The molecule has 0 saturated carbocycles. The molecular formula is C49H71ClN4O14. The molecule has 68 heavy (non-hydrogen) atoms. The second-order valence-electron chi connectivity index (χ2n) is 17.9. The van der Waals surface area contributed by atoms with E-state index in [4.69, 9.17) is 51.2 Å². The van der Waals surface area contributed by atoms with Crippen LogP contribution in [0, 0.1) is 24.2 Å². The van der Waals surface area contributed by atoms with E-state index in [-0.39, 0.29) is 56.2 Å². The van der Waals surface area contributed by atoms with E-state index in [1.807, 2.05) is 13.0 Å². The Hall–Kier alpha value is -4.58. The number of carbonyl (C=O) groups is 5. The van der Waals surface area contributed by atoms with Gasteiger partial charge in [-0.05, 0) is 50.8 Å². The molecule has 1 aromatic rings. The van der Waals surface area contributed by atoms with E-state index in [0.717, 1.165) is 11.1 Å². The van der Waals surface area contributed by atoms with Crippen LogP contribution in [0.1, 0.15) is 77.8 Å². The predicted molar refractivity (Wildman–Crippen MR) is 252 cm³/mol. The first-order chi connectivity index (χ1) is 32.3. The van der Waals surface area contributed by atoms with Crippen molar-refractivity contribution in [1.82, 2.24) is 15.1 Å². The second kappa shape index (κ2) is 26.4. The number of rotatable bonds is 21. The Balaban J connectivity index is 1.39. The average molecular weight is 976 g/mol. The molecule has 4 rings (SSSR count). The van der Waals surface area contributed by atoms with E-state index in [2.05, 4.69) is 11.2 Å². The Kier molecular flexibility index (Phi) is 21.8. The predicted octanol–water partition coefficient (Wildman–Crippen LogP) is 3.95. The minimum Gasteiger partial charge on any atom is -0.457 e. The van der Waals surface area contributed by atoms with Gasteiger partial charge in [0.1, 0.15) is 36.2 Å². The van der Waals surface area contributed by atoms with E-state index in [1.165, 1.54) is 28.7 Å². The van der Waals surface area contributed by atoms with Gasteiger partial charge in [0.25, 0.3) is 0 Å². The smallest absolute Gasteiger partial charge is 0.409 e. The molecule has 378 valence electrons. The molecule has 18 nitrogen and oxygen atoms in total. The third kappa shape index (κ3) is 15.7. The molecule has 4 bridgehead atoms. The number of aliphatic hydroxyl groups excluding tert-OH is 1. The monoisotopic (exact) mass is 974 g/mol. The zero-order chi connectivity index (χ0) is 50.2. The summed E-state index contributed by atoms with van der Waals surface area (Å²) >= 11 is 6.77. The molecule has 3 aliphatic heterocycles. The number of likely N-dealkylation sites (N-methyl/N-ethyl adjacent to an activating group) is 2. The molecule has 8 atom stereocenters. The summed E-state index contributed by atoms with van der Waals surface area (Å²) in [4.78, 5) is 71.4. The highest BCUT2D eigenvalue weighted by Gasteiger charge is 2.64. The lowest BCUT2D eigenvalue weighted by molar-refractivity contribution is -0.162. The molecule has 2 saturated heterocycles. The summed E-state index contributed by atoms with van der Waals surface area (Å²) in [6.45, 7) is 11.6. The SMILES string of the molecule is C#CCOCCOCCOCCOCCN(C)C(=O)CCCC(=O)N(C)[C@@H](C)C(=O)O[C@H]1CC(=O)N(C)c2cc(cc(CO)c2Cl)C/C(C)=C\C=C\[C@@H](C)[C@@]2(O)C[C@H](OC(=O)N2)[C@@H](C)[C@@H]2O[C@@]12C. The Bertz CT molecular complexity index is 2010. The van der Waals surface area contributed by atoms with Crippen LogP contribution in [0.4, 0.5) is 10.5 Å². The maximum absolute atomic E-state index is 14.3. The zero-order valence-corrected chi connectivity index (χ0v) is 41.5. The van der Waals surface area contributed by atoms with E-state index < -0.39 is 71.4 Å². The molecule has 3 aliphatic rings. The number of hydrogen-bond acceptors (Lipinski definition) is 14. The first-order valence-corrected chi connectivity index (χ1v) is 23.5. The second-order valence-corrected chi connectivity index (χ2v) is 18.3. The molecule has 4 amide bonds. The Morgan fingerprint density at radius 2 is 1.66 bits per heavy atom. The number of ether oxygens (including phenoxy) is 7. The largest absolute Gasteiger partial charge is 0.457 e. The number of halogens is 1. The summed E-state index contributed by atoms with van der Waals surface area (Å²) < 4.78 is 39.6. The molecule has 0 radical (unpaired) electrons. The number of anilines is 1. The number of nitrogens with one attached hydrogen (secondary N) is 1. The maximum Gasteiger partial charge on any atom is 0.409 e. The summed E-state index contributed by atoms with van der Waals surface area (Å²) in [5.41, 5.74) is -0.466. The van der Waals surface area contributed by atoms with E-state index in [9.17, 15) is 34.2 Å². The van der Waals surface area contributed by atoms with Gasteiger partial charge in [0.2, 0.25) is 17.7 Å². The van der Waals surface area contributed by atoms with Gasteiger partial charge in [0, 0.05) is 58.8 Å². The van der Waals surface area contributed by atoms with Gasteiger partial charge in [-0.25, -0.2) is 9.59 Å². The van der Waals surface area contributed by atoms with Crippen molar-refractivity contribution in [3.05, 3.63) is 52.1 Å². The lowest BCUT2D eigenvalue weighted by Gasteiger charge is -2.41. The summed E-state index contributed by atoms with van der Waals surface area (Å²) in [5, 5.41) is 24.7. The van der Waals surface area contributed by atoms with Crippen LogP contribution >= 0.6 is 11.6 Å². The minimum absolute atomic E-state index is 0.0169. The molecular weight excluding hydrogens is 904 g/mol. The number of terminal acetylenes is 1. The standard InChI is InChI=1S/C49H71ClN4O14/c1-10-18-62-20-22-64-24-25-65-23-21-63-19-17-52(7)41(56)15-12-16-42(57)53(8)35(5)46(59)67-40-29-43(58)54(9)38-28-36(27-37(31-55)44(38)50)26-32(2)13-11-14-33(3)49(61)30-39(66-47(60)51-49)34(4)45-48(40,6)68-45/h1,11,13-14,27-28,33-35,39-40,45,55,61H,12,15-26,29-31H2,2-9H3,(H,51,60)/b14-11+,32-13-/t33-,34-,35+,39+,40+,45+,48+,49+/m1/s1. The highest BCUT2D eigenvalue weighted by atomic mass is 35.5. The lowest BCUT2D eigenvalue weighted by Crippen LogP contribution is -2.60. The highest BCUT2D eigenvalue weighted by Crippen LogP contribution is 2.49. The first kappa shape index (κ1) is 56.0. The van der Waals surface area contributed by atoms with Crippen molar-refractivity contribution in [2.45, 2.75) is 115 Å². The molecule has 3 N–H and O–H groups in total. The van der Waals surface area contributed by atoms with Crippen molar-refractivity contribution in [3.8, 4) is 12.3 Å². The Morgan fingerprint density at radius 3 is 2.31 bits per heavy atom. The van der Waals surface area contributed by atoms with Gasteiger partial charge in [0.15, 0.2) is 0 Å². The average Bonchev–Trinajstić information content (AvgIpc) is 4.00. The molecule has 2 fully saturated rings. The fourth-order valence-corrected chi connectivity index (χ4v) is 8.35. The third-order valence-electron chi connectivity index (χ3n) is 12.8. The maximum atomic E-state index is 14.3. The molecule has 3 heterocycles. The molecule has 0 aliphatic carbocycles. The van der Waals surface area contributed by atoms with E-state index >= 15 is 0 Å². The fraction of sp³-hybridized carbons (Fsp3) is 0.653. The van der Waals surface area contributed by atoms with Crippen molar-refractivity contribution in [2.75, 3.05) is 85.4 Å². The van der Waals surface area contributed by atoms with Crippen LogP contribution in [0.15, 0.2) is 35.9 Å². The minimum atomic E-state index is -1.66. The van der Waals surface area contributed by atoms with Gasteiger partial charge in [-0.2, -0.15) is 0 Å². The summed E-state index contributed by atoms with van der Waals surface area (Å²) in [7, 11) is 4.66. The Labute approximate surface area is 405 Å². The summed E-state index contributed by atoms with van der Waals surface area (Å²) in [5.74, 6) is -0.533. The van der Waals surface area contributed by atoms with Crippen LogP contribution in [0.25, 0.3) is 0 Å². The zero-order valence-electron chi connectivity index (χ0n) is 40.8. The number of benzene rings is 1. The van der Waals surface area contributed by atoms with Crippen molar-refractivity contribution >= 4 is 47.1 Å². The number of nitrogens with zero attached hydrogens (tertiary/aromatic N) is 3. The number of carbonyl (C=O) groups excluding carboxylic acids is 5. The van der Waals surface area contributed by atoms with Gasteiger partial charge in [0.05, 0.1) is 76.1 Å². The summed E-state index contributed by atoms with van der Waals surface area (Å²) in [6, 6.07) is 2.43. The van der Waals surface area contributed by atoms with Gasteiger partial charge in [-0.1, -0.05) is 61.2 Å². The third-order valence-corrected chi connectivity index (χ3v) is 13.2. The van der Waals surface area contributed by atoms with Gasteiger partial charge in [-0.15, -0.1) is 6.42 Å². The molecule has 0 aromatic heterocycles. The fourth-order valence-electron chi connectivity index (χ4n) is 8.06. The van der Waals surface area contributed by atoms with Crippen LogP contribution in [-0.4, -0.2) is 166 Å². The number of alkyl carbamates (subject to hydrolysis) is 1. The van der Waals surface area contributed by atoms with Crippen molar-refractivity contribution in [1.29, 1.82) is 0 Å². The number of hydrogen-bond donors (Lipinski definition) is 3. The molecule has 0 unspecified atom stereocenters. The number of epoxide rings is 1. The van der Waals surface area contributed by atoms with Crippen LogP contribution < -0.4 is 10.2 Å². The topological polar surface area (TPSA) is 215 Å². The quantitative estimate of drug-likeness (QED) is 0.0689. The molecule has 19 heteroatoms. The number of allylic oxidation sites excluding steroid dienone is 3. The number of amides is 4. The number of fused-ring (bicyclic) bond motifs is 5. The number of aliphatic hydroxyl groups is 2. The van der Waals surface area contributed by atoms with Crippen molar-refractivity contribution in [2.24, 2.45) is 11.8 Å². The van der Waals surface area contributed by atoms with E-state index in [0.29, 0.717) is 70.5 Å². The van der Waals surface area contributed by atoms with Crippen LogP contribution in [0.5, 0.6) is 0 Å². The highest BCUT2D eigenvalue weighted by molar-refractivity contribution is 6.34. The van der Waals surface area contributed by atoms with Gasteiger partial charge in [-0.3, -0.25) is 19.7 Å². The van der Waals surface area contributed by atoms with Gasteiger partial charge < -0.3 is 58.1 Å². The lowest BCUT2D eigenvalue weighted by atomic mass is 9.82. The van der Waals surface area contributed by atoms with Crippen molar-refractivity contribution in [3.63, 3.8) is 0 Å².